The van der Waals surface area contributed by atoms with Crippen LogP contribution in [0.25, 0.3) is 0 Å². The topological polar surface area (TPSA) is 29.1 Å². The predicted molar refractivity (Wildman–Crippen MR) is 49.9 cm³/mol. The van der Waals surface area contributed by atoms with E-state index in [0.717, 1.165) is 24.8 Å². The Labute approximate surface area is 72.7 Å². The van der Waals surface area contributed by atoms with Gasteiger partial charge in [0, 0.05) is 6.54 Å². The molecule has 0 radical (unpaired) electrons. The maximum atomic E-state index is 10.4. The van der Waals surface area contributed by atoms with E-state index < -0.39 is 0 Å². The first-order valence-corrected chi connectivity index (χ1v) is 4.03. The molecule has 1 rings (SSSR count). The van der Waals surface area contributed by atoms with Crippen molar-refractivity contribution in [1.82, 2.24) is 5.32 Å². The SMILES string of the molecule is CNCC1=CC=C(C=O)CC=C1. The Kier molecular flexibility index (Phi) is 3.48. The third-order valence-electron chi connectivity index (χ3n) is 1.73. The second-order valence-electron chi connectivity index (χ2n) is 2.74. The van der Waals surface area contributed by atoms with Crippen LogP contribution in [-0.4, -0.2) is 19.9 Å². The number of carbonyl (C=O) groups excluding carboxylic acids is 1. The Morgan fingerprint density at radius 1 is 1.58 bits per heavy atom. The van der Waals surface area contributed by atoms with Gasteiger partial charge in [0.1, 0.15) is 6.29 Å². The summed E-state index contributed by atoms with van der Waals surface area (Å²) in [5.41, 5.74) is 2.03. The van der Waals surface area contributed by atoms with E-state index in [2.05, 4.69) is 5.32 Å². The van der Waals surface area contributed by atoms with Crippen molar-refractivity contribution < 1.29 is 4.79 Å². The van der Waals surface area contributed by atoms with Crippen LogP contribution in [-0.2, 0) is 4.79 Å². The number of carbonyl (C=O) groups is 1. The first-order chi connectivity index (χ1) is 5.86. The van der Waals surface area contributed by atoms with Crippen molar-refractivity contribution in [2.24, 2.45) is 0 Å². The summed E-state index contributed by atoms with van der Waals surface area (Å²) in [6.07, 6.45) is 9.56. The molecule has 0 spiro atoms. The van der Waals surface area contributed by atoms with Gasteiger partial charge in [0.05, 0.1) is 0 Å². The van der Waals surface area contributed by atoms with Crippen molar-refractivity contribution in [3.8, 4) is 0 Å². The van der Waals surface area contributed by atoms with Gasteiger partial charge in [-0.1, -0.05) is 24.3 Å². The van der Waals surface area contributed by atoms with Crippen LogP contribution in [0.2, 0.25) is 0 Å². The predicted octanol–water partition coefficient (Wildman–Crippen LogP) is 1.22. The van der Waals surface area contributed by atoms with E-state index >= 15 is 0 Å². The second-order valence-corrected chi connectivity index (χ2v) is 2.74. The zero-order valence-corrected chi connectivity index (χ0v) is 7.21. The standard InChI is InChI=1S/C10H13NO/c1-11-7-9-3-2-4-10(8-12)6-5-9/h2-3,5-6,8,11H,4,7H2,1H3. The summed E-state index contributed by atoms with van der Waals surface area (Å²) in [5.74, 6) is 0. The highest BCUT2D eigenvalue weighted by molar-refractivity contribution is 5.74. The first-order valence-electron chi connectivity index (χ1n) is 4.03. The van der Waals surface area contributed by atoms with Crippen LogP contribution < -0.4 is 5.32 Å². The fraction of sp³-hybridized carbons (Fsp3) is 0.300. The fourth-order valence-electron chi connectivity index (χ4n) is 1.09. The lowest BCUT2D eigenvalue weighted by Gasteiger charge is -1.96. The van der Waals surface area contributed by atoms with Crippen molar-refractivity contribution in [3.63, 3.8) is 0 Å². The van der Waals surface area contributed by atoms with Crippen LogP contribution in [0.5, 0.6) is 0 Å². The number of hydrogen-bond donors (Lipinski definition) is 1. The van der Waals surface area contributed by atoms with Gasteiger partial charge >= 0.3 is 0 Å². The molecule has 0 bridgehead atoms. The highest BCUT2D eigenvalue weighted by Gasteiger charge is 1.96. The maximum Gasteiger partial charge on any atom is 0.146 e. The normalized spacial score (nSPS) is 16.4. The lowest BCUT2D eigenvalue weighted by Crippen LogP contribution is -2.08. The summed E-state index contributed by atoms with van der Waals surface area (Å²) in [4.78, 5) is 10.4. The number of rotatable bonds is 3. The van der Waals surface area contributed by atoms with Gasteiger partial charge in [-0.25, -0.2) is 0 Å². The van der Waals surface area contributed by atoms with E-state index in [-0.39, 0.29) is 0 Å². The van der Waals surface area contributed by atoms with Crippen LogP contribution in [0.3, 0.4) is 0 Å². The van der Waals surface area contributed by atoms with Crippen LogP contribution in [0, 0.1) is 0 Å². The molecule has 0 fully saturated rings. The molecule has 1 aliphatic carbocycles. The summed E-state index contributed by atoms with van der Waals surface area (Å²) in [6, 6.07) is 0. The Balaban J connectivity index is 2.71. The third kappa shape index (κ3) is 2.47. The highest BCUT2D eigenvalue weighted by atomic mass is 16.1. The molecule has 0 aromatic rings. The van der Waals surface area contributed by atoms with Crippen LogP contribution in [0.4, 0.5) is 0 Å². The van der Waals surface area contributed by atoms with Gasteiger partial charge < -0.3 is 5.32 Å². The molecule has 0 aromatic heterocycles. The zero-order valence-electron chi connectivity index (χ0n) is 7.21. The minimum atomic E-state index is 0.743. The Morgan fingerprint density at radius 3 is 3.08 bits per heavy atom. The summed E-state index contributed by atoms with van der Waals surface area (Å²) in [6.45, 7) is 0.846. The van der Waals surface area contributed by atoms with Crippen LogP contribution >= 0.6 is 0 Å². The summed E-state index contributed by atoms with van der Waals surface area (Å²) in [7, 11) is 1.91. The molecule has 0 aliphatic heterocycles. The molecule has 0 aromatic carbocycles. The van der Waals surface area contributed by atoms with Crippen molar-refractivity contribution in [2.75, 3.05) is 13.6 Å². The number of hydrogen-bond acceptors (Lipinski definition) is 2. The smallest absolute Gasteiger partial charge is 0.146 e. The Morgan fingerprint density at radius 2 is 2.42 bits per heavy atom. The molecule has 0 saturated heterocycles. The van der Waals surface area contributed by atoms with Crippen molar-refractivity contribution >= 4 is 6.29 Å². The van der Waals surface area contributed by atoms with Crippen LogP contribution in [0.15, 0.2) is 35.5 Å². The van der Waals surface area contributed by atoms with E-state index in [1.807, 2.05) is 31.4 Å². The molecule has 1 aliphatic rings. The summed E-state index contributed by atoms with van der Waals surface area (Å²) >= 11 is 0. The Hall–Kier alpha value is -1.15. The average molecular weight is 163 g/mol. The summed E-state index contributed by atoms with van der Waals surface area (Å²) in [5, 5.41) is 3.06. The second kappa shape index (κ2) is 4.67. The molecule has 2 nitrogen and oxygen atoms in total. The van der Waals surface area contributed by atoms with E-state index in [0.29, 0.717) is 0 Å². The van der Waals surface area contributed by atoms with Gasteiger partial charge in [0.2, 0.25) is 0 Å². The third-order valence-corrected chi connectivity index (χ3v) is 1.73. The average Bonchev–Trinajstić information content (AvgIpc) is 2.31. The molecule has 0 atom stereocenters. The van der Waals surface area contributed by atoms with Crippen molar-refractivity contribution in [3.05, 3.63) is 35.5 Å². The van der Waals surface area contributed by atoms with Gasteiger partial charge in [-0.15, -0.1) is 0 Å². The molecule has 12 heavy (non-hydrogen) atoms. The minimum Gasteiger partial charge on any atom is -0.316 e. The first kappa shape index (κ1) is 8.94. The van der Waals surface area contributed by atoms with E-state index in [1.54, 1.807) is 0 Å². The molecule has 1 N–H and O–H groups in total. The maximum absolute atomic E-state index is 10.4. The molecule has 0 heterocycles. The van der Waals surface area contributed by atoms with E-state index in [9.17, 15) is 4.79 Å². The van der Waals surface area contributed by atoms with Crippen molar-refractivity contribution in [2.45, 2.75) is 6.42 Å². The number of allylic oxidation sites excluding steroid dienone is 4. The fourth-order valence-corrected chi connectivity index (χ4v) is 1.09. The van der Waals surface area contributed by atoms with Gasteiger partial charge in [-0.3, -0.25) is 4.79 Å². The van der Waals surface area contributed by atoms with Gasteiger partial charge in [-0.05, 0) is 24.6 Å². The summed E-state index contributed by atoms with van der Waals surface area (Å²) < 4.78 is 0. The molecule has 0 unspecified atom stereocenters. The van der Waals surface area contributed by atoms with E-state index in [4.69, 9.17) is 0 Å². The molecule has 0 saturated carbocycles. The zero-order chi connectivity index (χ0) is 8.81. The number of aldehydes is 1. The number of likely N-dealkylation sites (N-methyl/N-ethyl adjacent to an activating group) is 1. The molecule has 2 heteroatoms. The highest BCUT2D eigenvalue weighted by Crippen LogP contribution is 2.08. The van der Waals surface area contributed by atoms with Crippen LogP contribution in [0.1, 0.15) is 6.42 Å². The molecule has 64 valence electrons. The van der Waals surface area contributed by atoms with Crippen molar-refractivity contribution in [1.29, 1.82) is 0 Å². The van der Waals surface area contributed by atoms with Gasteiger partial charge in [0.25, 0.3) is 0 Å². The Bertz CT molecular complexity index is 249. The minimum absolute atomic E-state index is 0.743. The lowest BCUT2D eigenvalue weighted by molar-refractivity contribution is -0.104. The molecule has 0 amide bonds. The van der Waals surface area contributed by atoms with E-state index in [1.165, 1.54) is 5.57 Å². The number of nitrogens with one attached hydrogen (secondary N) is 1. The quantitative estimate of drug-likeness (QED) is 0.634. The monoisotopic (exact) mass is 163 g/mol. The van der Waals surface area contributed by atoms with Gasteiger partial charge in [-0.2, -0.15) is 0 Å². The van der Waals surface area contributed by atoms with Gasteiger partial charge in [0.15, 0.2) is 0 Å². The largest absolute Gasteiger partial charge is 0.316 e. The molecular formula is C10H13NO. The molecular weight excluding hydrogens is 150 g/mol. The lowest BCUT2D eigenvalue weighted by atomic mass is 10.2.